The van der Waals surface area contributed by atoms with Crippen LogP contribution in [0.1, 0.15) is 40.5 Å². The zero-order chi connectivity index (χ0) is 12.2. The zero-order valence-corrected chi connectivity index (χ0v) is 11.1. The van der Waals surface area contributed by atoms with Gasteiger partial charge < -0.3 is 5.11 Å². The lowest BCUT2D eigenvalue weighted by Gasteiger charge is -2.30. The quantitative estimate of drug-likeness (QED) is 0.741. The van der Waals surface area contributed by atoms with Gasteiger partial charge in [-0.15, -0.1) is 0 Å². The van der Waals surface area contributed by atoms with Crippen LogP contribution in [0.15, 0.2) is 0 Å². The molecule has 0 saturated carbocycles. The number of hydrogen-bond donors (Lipinski definition) is 1. The highest BCUT2D eigenvalue weighted by molar-refractivity contribution is 5.17. The molecule has 0 aliphatic carbocycles. The monoisotopic (exact) mass is 223 g/mol. The Hall–Kier alpha value is -0.520. The van der Waals surface area contributed by atoms with Crippen molar-refractivity contribution in [3.8, 4) is 11.8 Å². The summed E-state index contributed by atoms with van der Waals surface area (Å²) in [4.78, 5) is 2.36. The van der Waals surface area contributed by atoms with Crippen LogP contribution in [-0.2, 0) is 0 Å². The topological polar surface area (TPSA) is 23.5 Å². The largest absolute Gasteiger partial charge is 0.377 e. The van der Waals surface area contributed by atoms with E-state index in [1.807, 2.05) is 27.7 Å². The first-order valence-corrected chi connectivity index (χ1v) is 6.41. The molecular weight excluding hydrogens is 198 g/mol. The lowest BCUT2D eigenvalue weighted by Crippen LogP contribution is -2.39. The van der Waals surface area contributed by atoms with Crippen molar-refractivity contribution in [2.45, 2.75) is 46.1 Å². The third-order valence-electron chi connectivity index (χ3n) is 3.55. The smallest absolute Gasteiger partial charge is 0.130 e. The van der Waals surface area contributed by atoms with E-state index in [-0.39, 0.29) is 11.8 Å². The Balaban J connectivity index is 2.57. The van der Waals surface area contributed by atoms with Crippen LogP contribution in [-0.4, -0.2) is 35.2 Å². The number of nitrogens with zero attached hydrogens (tertiary/aromatic N) is 1. The average Bonchev–Trinajstić information content (AvgIpc) is 2.69. The third-order valence-corrected chi connectivity index (χ3v) is 3.55. The molecule has 1 N–H and O–H groups in total. The Morgan fingerprint density at radius 1 is 1.12 bits per heavy atom. The maximum Gasteiger partial charge on any atom is 0.130 e. The molecule has 0 spiro atoms. The fraction of sp³-hybridized carbons (Fsp3) is 0.857. The minimum absolute atomic E-state index is 0.179. The van der Waals surface area contributed by atoms with Crippen LogP contribution in [0.2, 0.25) is 0 Å². The summed E-state index contributed by atoms with van der Waals surface area (Å²) in [6.45, 7) is 11.3. The second-order valence-corrected chi connectivity index (χ2v) is 5.42. The summed E-state index contributed by atoms with van der Waals surface area (Å²) in [5.74, 6) is 6.60. The van der Waals surface area contributed by atoms with E-state index in [1.54, 1.807) is 0 Å². The van der Waals surface area contributed by atoms with Gasteiger partial charge in [0.1, 0.15) is 5.60 Å². The highest BCUT2D eigenvalue weighted by Gasteiger charge is 2.32. The molecule has 2 nitrogen and oxygen atoms in total. The summed E-state index contributed by atoms with van der Waals surface area (Å²) in [6, 6.07) is 0. The second kappa shape index (κ2) is 5.70. The maximum absolute atomic E-state index is 10.4. The molecule has 0 bridgehead atoms. The van der Waals surface area contributed by atoms with Crippen LogP contribution in [0.4, 0.5) is 0 Å². The lowest BCUT2D eigenvalue weighted by molar-refractivity contribution is 0.00918. The minimum Gasteiger partial charge on any atom is -0.377 e. The van der Waals surface area contributed by atoms with Gasteiger partial charge in [0.2, 0.25) is 0 Å². The van der Waals surface area contributed by atoms with E-state index in [0.717, 1.165) is 19.6 Å². The Morgan fingerprint density at radius 2 is 1.62 bits per heavy atom. The molecule has 0 aromatic rings. The molecule has 92 valence electrons. The van der Waals surface area contributed by atoms with Crippen molar-refractivity contribution >= 4 is 0 Å². The molecule has 1 aliphatic heterocycles. The molecule has 0 radical (unpaired) electrons. The molecule has 0 aromatic carbocycles. The van der Waals surface area contributed by atoms with E-state index in [9.17, 15) is 5.11 Å². The molecule has 1 fully saturated rings. The predicted octanol–water partition coefficient (Wildman–Crippen LogP) is 2.13. The van der Waals surface area contributed by atoms with Crippen molar-refractivity contribution in [3.05, 3.63) is 0 Å². The first-order chi connectivity index (χ1) is 7.47. The highest BCUT2D eigenvalue weighted by atomic mass is 16.3. The van der Waals surface area contributed by atoms with Gasteiger partial charge in [-0.25, -0.2) is 0 Å². The molecule has 0 amide bonds. The Labute approximate surface area is 100 Å². The van der Waals surface area contributed by atoms with E-state index in [2.05, 4.69) is 16.7 Å². The summed E-state index contributed by atoms with van der Waals surface area (Å²) in [5, 5.41) is 10.4. The van der Waals surface area contributed by atoms with Gasteiger partial charge >= 0.3 is 0 Å². The van der Waals surface area contributed by atoms with Crippen molar-refractivity contribution in [1.82, 2.24) is 4.90 Å². The molecule has 0 unspecified atom stereocenters. The molecule has 1 rings (SSSR count). The van der Waals surface area contributed by atoms with Crippen LogP contribution in [0.25, 0.3) is 0 Å². The van der Waals surface area contributed by atoms with Gasteiger partial charge in [-0.3, -0.25) is 4.90 Å². The second-order valence-electron chi connectivity index (χ2n) is 5.42. The minimum atomic E-state index is -0.834. The van der Waals surface area contributed by atoms with Crippen LogP contribution < -0.4 is 0 Å². The maximum atomic E-state index is 10.4. The zero-order valence-electron chi connectivity index (χ0n) is 11.1. The van der Waals surface area contributed by atoms with Crippen LogP contribution >= 0.6 is 0 Å². The van der Waals surface area contributed by atoms with Crippen molar-refractivity contribution in [2.75, 3.05) is 19.6 Å². The first-order valence-electron chi connectivity index (χ1n) is 6.41. The molecule has 1 aliphatic rings. The van der Waals surface area contributed by atoms with Crippen molar-refractivity contribution in [2.24, 2.45) is 11.8 Å². The van der Waals surface area contributed by atoms with E-state index >= 15 is 0 Å². The van der Waals surface area contributed by atoms with Gasteiger partial charge in [-0.2, -0.15) is 0 Å². The number of rotatable bonds is 3. The molecule has 16 heavy (non-hydrogen) atoms. The van der Waals surface area contributed by atoms with E-state index in [4.69, 9.17) is 0 Å². The molecule has 0 atom stereocenters. The van der Waals surface area contributed by atoms with Gasteiger partial charge in [0.25, 0.3) is 0 Å². The number of likely N-dealkylation sites (tertiary alicyclic amines) is 1. The van der Waals surface area contributed by atoms with Crippen molar-refractivity contribution in [1.29, 1.82) is 0 Å². The van der Waals surface area contributed by atoms with Gasteiger partial charge in [-0.1, -0.05) is 39.5 Å². The summed E-state index contributed by atoms with van der Waals surface area (Å²) in [6.07, 6.45) is 2.58. The first kappa shape index (κ1) is 13.5. The Morgan fingerprint density at radius 3 is 2.06 bits per heavy atom. The molecular formula is C14H25NO. The van der Waals surface area contributed by atoms with Crippen molar-refractivity contribution in [3.63, 3.8) is 0 Å². The van der Waals surface area contributed by atoms with E-state index in [1.165, 1.54) is 12.8 Å². The summed E-state index contributed by atoms with van der Waals surface area (Å²) in [5.41, 5.74) is -0.834. The van der Waals surface area contributed by atoms with E-state index < -0.39 is 5.60 Å². The summed E-state index contributed by atoms with van der Waals surface area (Å²) in [7, 11) is 0. The van der Waals surface area contributed by atoms with Crippen LogP contribution in [0, 0.1) is 23.7 Å². The SMILES string of the molecule is CC(C)C(O)(C#CCN1CCCC1)C(C)C. The summed E-state index contributed by atoms with van der Waals surface area (Å²) < 4.78 is 0. The van der Waals surface area contributed by atoms with Gasteiger partial charge in [0.05, 0.1) is 6.54 Å². The van der Waals surface area contributed by atoms with Crippen LogP contribution in [0.5, 0.6) is 0 Å². The van der Waals surface area contributed by atoms with Gasteiger partial charge in [0.15, 0.2) is 0 Å². The molecule has 0 aromatic heterocycles. The van der Waals surface area contributed by atoms with E-state index in [0.29, 0.717) is 0 Å². The van der Waals surface area contributed by atoms with Crippen LogP contribution in [0.3, 0.4) is 0 Å². The van der Waals surface area contributed by atoms with Gasteiger partial charge in [0, 0.05) is 0 Å². The summed E-state index contributed by atoms with van der Waals surface area (Å²) >= 11 is 0. The lowest BCUT2D eigenvalue weighted by atomic mass is 9.81. The number of aliphatic hydroxyl groups is 1. The normalized spacial score (nSPS) is 17.9. The highest BCUT2D eigenvalue weighted by Crippen LogP contribution is 2.25. The molecule has 1 heterocycles. The Bertz CT molecular complexity index is 258. The number of hydrogen-bond acceptors (Lipinski definition) is 2. The molecule has 2 heteroatoms. The van der Waals surface area contributed by atoms with Gasteiger partial charge in [-0.05, 0) is 37.8 Å². The predicted molar refractivity (Wildman–Crippen MR) is 68.1 cm³/mol. The van der Waals surface area contributed by atoms with Crippen molar-refractivity contribution < 1.29 is 5.11 Å². The third kappa shape index (κ3) is 3.23. The fourth-order valence-corrected chi connectivity index (χ4v) is 2.19. The standard InChI is InChI=1S/C14H25NO/c1-12(2)14(16,13(3)4)8-7-11-15-9-5-6-10-15/h12-13,16H,5-6,9-11H2,1-4H3. The molecule has 1 saturated heterocycles. The average molecular weight is 223 g/mol. The Kier molecular flexibility index (Phi) is 4.83. The fourth-order valence-electron chi connectivity index (χ4n) is 2.19.